The van der Waals surface area contributed by atoms with E-state index < -0.39 is 5.25 Å². The Morgan fingerprint density at radius 1 is 0.939 bits per heavy atom. The van der Waals surface area contributed by atoms with Crippen molar-refractivity contribution in [3.05, 3.63) is 88.9 Å². The first kappa shape index (κ1) is 22.9. The number of amides is 1. The number of hydrogen-bond donors (Lipinski definition) is 1. The van der Waals surface area contributed by atoms with Gasteiger partial charge in [0.15, 0.2) is 16.8 Å². The number of nitrogens with zero attached hydrogens (tertiary/aromatic N) is 3. The number of aromatic nitrogens is 3. The molecule has 4 aromatic rings. The van der Waals surface area contributed by atoms with Crippen LogP contribution in [0.3, 0.4) is 0 Å². The molecule has 1 N–H and O–H groups in total. The van der Waals surface area contributed by atoms with Gasteiger partial charge in [0.2, 0.25) is 5.91 Å². The number of Topliss-reactive ketones (excluding diaryl/α,β-unsaturated/α-hetero) is 1. The molecule has 0 radical (unpaired) electrons. The van der Waals surface area contributed by atoms with Crippen LogP contribution in [0.15, 0.2) is 88.5 Å². The van der Waals surface area contributed by atoms with Gasteiger partial charge in [-0.25, -0.2) is 0 Å². The number of ketones is 1. The minimum Gasteiger partial charge on any atom is -0.325 e. The number of anilines is 1. The summed E-state index contributed by atoms with van der Waals surface area (Å²) in [6, 6.07) is 24.5. The molecule has 166 valence electrons. The van der Waals surface area contributed by atoms with Crippen LogP contribution in [0.4, 0.5) is 5.69 Å². The van der Waals surface area contributed by atoms with Crippen molar-refractivity contribution in [2.24, 2.45) is 0 Å². The zero-order valence-electron chi connectivity index (χ0n) is 18.0. The fourth-order valence-electron chi connectivity index (χ4n) is 3.19. The number of hydrogen-bond acceptors (Lipinski definition) is 5. The highest BCUT2D eigenvalue weighted by Gasteiger charge is 2.22. The number of para-hydroxylation sites is 1. The number of rotatable bonds is 7. The first-order valence-electron chi connectivity index (χ1n) is 10.3. The van der Waals surface area contributed by atoms with Gasteiger partial charge >= 0.3 is 0 Å². The zero-order valence-corrected chi connectivity index (χ0v) is 20.4. The fraction of sp³-hybridized carbons (Fsp3) is 0.120. The lowest BCUT2D eigenvalue weighted by atomic mass is 10.1. The Morgan fingerprint density at radius 3 is 2.24 bits per heavy atom. The van der Waals surface area contributed by atoms with Gasteiger partial charge in [-0.15, -0.1) is 10.2 Å². The molecule has 1 unspecified atom stereocenters. The number of carbonyl (C=O) groups excluding carboxylic acids is 2. The van der Waals surface area contributed by atoms with Gasteiger partial charge in [-0.3, -0.25) is 14.2 Å². The molecule has 1 heterocycles. The van der Waals surface area contributed by atoms with Gasteiger partial charge in [0, 0.05) is 27.0 Å². The summed E-state index contributed by atoms with van der Waals surface area (Å²) in [5.41, 5.74) is 3.07. The van der Waals surface area contributed by atoms with Crippen LogP contribution in [0.1, 0.15) is 24.2 Å². The van der Waals surface area contributed by atoms with Crippen molar-refractivity contribution in [3.8, 4) is 17.1 Å². The van der Waals surface area contributed by atoms with Crippen molar-refractivity contribution in [1.82, 2.24) is 14.8 Å². The van der Waals surface area contributed by atoms with E-state index in [1.54, 1.807) is 24.3 Å². The average molecular weight is 521 g/mol. The lowest BCUT2D eigenvalue weighted by molar-refractivity contribution is -0.115. The van der Waals surface area contributed by atoms with E-state index >= 15 is 0 Å². The number of nitrogens with one attached hydrogen (secondary N) is 1. The standard InChI is InChI=1S/C25H21BrN4O2S/c1-16(31)18-10-14-21(15-11-18)27-24(32)17(2)33-25-29-28-23(19-8-12-20(26)13-9-19)30(25)22-6-4-3-5-7-22/h3-15,17H,1-2H3,(H,27,32). The summed E-state index contributed by atoms with van der Waals surface area (Å²) in [5, 5.41) is 11.9. The van der Waals surface area contributed by atoms with E-state index in [1.807, 2.05) is 66.1 Å². The van der Waals surface area contributed by atoms with Crippen molar-refractivity contribution in [2.75, 3.05) is 5.32 Å². The Kier molecular flexibility index (Phi) is 7.05. The number of halogens is 1. The maximum Gasteiger partial charge on any atom is 0.237 e. The third-order valence-corrected chi connectivity index (χ3v) is 6.53. The van der Waals surface area contributed by atoms with Crippen LogP contribution in [-0.2, 0) is 4.79 Å². The summed E-state index contributed by atoms with van der Waals surface area (Å²) < 4.78 is 2.94. The molecule has 4 rings (SSSR count). The summed E-state index contributed by atoms with van der Waals surface area (Å²) in [6.45, 7) is 3.34. The quantitative estimate of drug-likeness (QED) is 0.238. The molecule has 0 spiro atoms. The van der Waals surface area contributed by atoms with E-state index in [2.05, 4.69) is 31.4 Å². The lowest BCUT2D eigenvalue weighted by Gasteiger charge is -2.14. The lowest BCUT2D eigenvalue weighted by Crippen LogP contribution is -2.23. The molecule has 0 fully saturated rings. The first-order valence-corrected chi connectivity index (χ1v) is 11.9. The summed E-state index contributed by atoms with van der Waals surface area (Å²) in [6.07, 6.45) is 0. The van der Waals surface area contributed by atoms with Crippen LogP contribution >= 0.6 is 27.7 Å². The predicted molar refractivity (Wildman–Crippen MR) is 135 cm³/mol. The van der Waals surface area contributed by atoms with Crippen LogP contribution in [0.5, 0.6) is 0 Å². The maximum atomic E-state index is 12.8. The van der Waals surface area contributed by atoms with Crippen molar-refractivity contribution < 1.29 is 9.59 Å². The topological polar surface area (TPSA) is 76.9 Å². The molecule has 3 aromatic carbocycles. The van der Waals surface area contributed by atoms with Gasteiger partial charge in [-0.2, -0.15) is 0 Å². The largest absolute Gasteiger partial charge is 0.325 e. The van der Waals surface area contributed by atoms with Crippen LogP contribution in [-0.4, -0.2) is 31.7 Å². The molecule has 0 aliphatic rings. The van der Waals surface area contributed by atoms with Crippen LogP contribution in [0.25, 0.3) is 17.1 Å². The molecule has 0 saturated carbocycles. The predicted octanol–water partition coefficient (Wildman–Crippen LogP) is 6.02. The molecule has 1 atom stereocenters. The summed E-state index contributed by atoms with van der Waals surface area (Å²) in [7, 11) is 0. The molecule has 0 aliphatic carbocycles. The van der Waals surface area contributed by atoms with E-state index in [1.165, 1.54) is 18.7 Å². The summed E-state index contributed by atoms with van der Waals surface area (Å²) >= 11 is 4.80. The zero-order chi connectivity index (χ0) is 23.4. The molecule has 33 heavy (non-hydrogen) atoms. The van der Waals surface area contributed by atoms with Gasteiger partial charge in [0.05, 0.1) is 5.25 Å². The fourth-order valence-corrected chi connectivity index (χ4v) is 4.32. The van der Waals surface area contributed by atoms with Crippen molar-refractivity contribution in [1.29, 1.82) is 0 Å². The minimum atomic E-state index is -0.429. The van der Waals surface area contributed by atoms with Gasteiger partial charge in [-0.1, -0.05) is 58.0 Å². The molecule has 1 aromatic heterocycles. The third-order valence-electron chi connectivity index (χ3n) is 4.96. The van der Waals surface area contributed by atoms with E-state index in [4.69, 9.17) is 0 Å². The Labute approximate surface area is 204 Å². The van der Waals surface area contributed by atoms with Crippen molar-refractivity contribution in [3.63, 3.8) is 0 Å². The summed E-state index contributed by atoms with van der Waals surface area (Å²) in [4.78, 5) is 24.3. The highest BCUT2D eigenvalue weighted by molar-refractivity contribution is 9.10. The van der Waals surface area contributed by atoms with E-state index in [9.17, 15) is 9.59 Å². The third kappa shape index (κ3) is 5.40. The number of carbonyl (C=O) groups is 2. The minimum absolute atomic E-state index is 0.0152. The number of thioether (sulfide) groups is 1. The summed E-state index contributed by atoms with van der Waals surface area (Å²) in [5.74, 6) is 0.519. The highest BCUT2D eigenvalue weighted by Crippen LogP contribution is 2.31. The molecule has 1 amide bonds. The molecule has 0 aliphatic heterocycles. The van der Waals surface area contributed by atoms with Crippen LogP contribution in [0, 0.1) is 0 Å². The molecule has 6 nitrogen and oxygen atoms in total. The second kappa shape index (κ2) is 10.1. The monoisotopic (exact) mass is 520 g/mol. The Balaban J connectivity index is 1.58. The van der Waals surface area contributed by atoms with Crippen molar-refractivity contribution >= 4 is 45.1 Å². The number of benzene rings is 3. The highest BCUT2D eigenvalue weighted by atomic mass is 79.9. The second-order valence-electron chi connectivity index (χ2n) is 7.37. The van der Waals surface area contributed by atoms with Gasteiger partial charge in [0.1, 0.15) is 0 Å². The van der Waals surface area contributed by atoms with E-state index in [0.29, 0.717) is 22.2 Å². The normalized spacial score (nSPS) is 11.7. The molecular formula is C25H21BrN4O2S. The second-order valence-corrected chi connectivity index (χ2v) is 9.59. The van der Waals surface area contributed by atoms with E-state index in [-0.39, 0.29) is 11.7 Å². The molecule has 0 bridgehead atoms. The molecule has 8 heteroatoms. The Morgan fingerprint density at radius 2 is 1.61 bits per heavy atom. The van der Waals surface area contributed by atoms with Gasteiger partial charge in [0.25, 0.3) is 0 Å². The SMILES string of the molecule is CC(=O)c1ccc(NC(=O)C(C)Sc2nnc(-c3ccc(Br)cc3)n2-c2ccccc2)cc1. The average Bonchev–Trinajstić information content (AvgIpc) is 3.23. The van der Waals surface area contributed by atoms with E-state index in [0.717, 1.165) is 15.7 Å². The van der Waals surface area contributed by atoms with Gasteiger partial charge in [-0.05, 0) is 62.4 Å². The molecular weight excluding hydrogens is 500 g/mol. The molecule has 0 saturated heterocycles. The van der Waals surface area contributed by atoms with Crippen LogP contribution in [0.2, 0.25) is 0 Å². The Hall–Kier alpha value is -3.23. The first-order chi connectivity index (χ1) is 15.9. The smallest absolute Gasteiger partial charge is 0.237 e. The van der Waals surface area contributed by atoms with Gasteiger partial charge < -0.3 is 5.32 Å². The van der Waals surface area contributed by atoms with Crippen molar-refractivity contribution in [2.45, 2.75) is 24.3 Å². The Bertz CT molecular complexity index is 1270. The van der Waals surface area contributed by atoms with Crippen LogP contribution < -0.4 is 5.32 Å². The maximum absolute atomic E-state index is 12.8.